The molecule has 0 saturated carbocycles. The Kier molecular flexibility index (Phi) is 5.55. The first-order valence-corrected chi connectivity index (χ1v) is 5.94. The maximum absolute atomic E-state index is 11.1. The minimum atomic E-state index is -0.278. The summed E-state index contributed by atoms with van der Waals surface area (Å²) in [5, 5.41) is 2.78. The first-order chi connectivity index (χ1) is 7.63. The van der Waals surface area contributed by atoms with Crippen molar-refractivity contribution < 1.29 is 9.63 Å². The number of carbonyl (C=O) groups excluding carboxylic acids is 1. The van der Waals surface area contributed by atoms with Crippen molar-refractivity contribution in [2.75, 3.05) is 26.7 Å². The third-order valence-electron chi connectivity index (χ3n) is 3.06. The topological polar surface area (TPSA) is 53.6 Å². The van der Waals surface area contributed by atoms with E-state index in [-0.39, 0.29) is 6.03 Å². The van der Waals surface area contributed by atoms with Crippen molar-refractivity contribution in [1.82, 2.24) is 15.7 Å². The molecule has 1 aliphatic heterocycles. The van der Waals surface area contributed by atoms with Crippen LogP contribution in [0.3, 0.4) is 0 Å². The highest BCUT2D eigenvalue weighted by Gasteiger charge is 2.20. The highest BCUT2D eigenvalue weighted by atomic mass is 16.6. The van der Waals surface area contributed by atoms with Gasteiger partial charge in [-0.1, -0.05) is 6.92 Å². The van der Waals surface area contributed by atoms with Gasteiger partial charge in [0.15, 0.2) is 0 Å². The van der Waals surface area contributed by atoms with Crippen LogP contribution in [0.25, 0.3) is 0 Å². The van der Waals surface area contributed by atoms with Crippen LogP contribution in [-0.4, -0.2) is 43.7 Å². The van der Waals surface area contributed by atoms with Gasteiger partial charge in [0, 0.05) is 19.1 Å². The summed E-state index contributed by atoms with van der Waals surface area (Å²) in [4.78, 5) is 18.1. The fraction of sp³-hybridized carbons (Fsp3) is 0.909. The van der Waals surface area contributed by atoms with Crippen molar-refractivity contribution in [3.8, 4) is 0 Å². The van der Waals surface area contributed by atoms with Crippen LogP contribution in [-0.2, 0) is 4.84 Å². The zero-order valence-corrected chi connectivity index (χ0v) is 10.5. The van der Waals surface area contributed by atoms with E-state index in [4.69, 9.17) is 0 Å². The number of hydroxylamine groups is 1. The maximum atomic E-state index is 11.1. The SMILES string of the molecule is CONC(=O)NCC(C)N1CCCC(C)C1. The molecule has 1 fully saturated rings. The zero-order valence-electron chi connectivity index (χ0n) is 10.5. The lowest BCUT2D eigenvalue weighted by atomic mass is 9.99. The van der Waals surface area contributed by atoms with Crippen molar-refractivity contribution in [2.24, 2.45) is 5.92 Å². The van der Waals surface area contributed by atoms with Gasteiger partial charge in [0.2, 0.25) is 0 Å². The second-order valence-corrected chi connectivity index (χ2v) is 4.61. The number of hydrogen-bond donors (Lipinski definition) is 2. The summed E-state index contributed by atoms with van der Waals surface area (Å²) >= 11 is 0. The largest absolute Gasteiger partial charge is 0.338 e. The highest BCUT2D eigenvalue weighted by Crippen LogP contribution is 2.17. The van der Waals surface area contributed by atoms with Crippen LogP contribution >= 0.6 is 0 Å². The van der Waals surface area contributed by atoms with Crippen LogP contribution in [0.4, 0.5) is 4.79 Å². The molecule has 2 unspecified atom stereocenters. The van der Waals surface area contributed by atoms with Gasteiger partial charge in [-0.05, 0) is 32.2 Å². The van der Waals surface area contributed by atoms with Gasteiger partial charge in [0.1, 0.15) is 0 Å². The lowest BCUT2D eigenvalue weighted by Crippen LogP contribution is -2.47. The van der Waals surface area contributed by atoms with Gasteiger partial charge in [0.25, 0.3) is 0 Å². The predicted octanol–water partition coefficient (Wildman–Crippen LogP) is 0.967. The van der Waals surface area contributed by atoms with Gasteiger partial charge in [-0.2, -0.15) is 0 Å². The molecule has 16 heavy (non-hydrogen) atoms. The average molecular weight is 229 g/mol. The number of piperidine rings is 1. The van der Waals surface area contributed by atoms with Crippen molar-refractivity contribution >= 4 is 6.03 Å². The van der Waals surface area contributed by atoms with Gasteiger partial charge >= 0.3 is 6.03 Å². The minimum Gasteiger partial charge on any atom is -0.335 e. The molecule has 1 saturated heterocycles. The predicted molar refractivity (Wildman–Crippen MR) is 63.0 cm³/mol. The molecule has 0 bridgehead atoms. The van der Waals surface area contributed by atoms with Crippen LogP contribution in [0.5, 0.6) is 0 Å². The Morgan fingerprint density at radius 1 is 1.62 bits per heavy atom. The Morgan fingerprint density at radius 3 is 3.00 bits per heavy atom. The normalized spacial score (nSPS) is 23.8. The molecule has 0 spiro atoms. The molecule has 0 aromatic rings. The molecule has 0 aliphatic carbocycles. The lowest BCUT2D eigenvalue weighted by Gasteiger charge is -2.35. The number of carbonyl (C=O) groups is 1. The summed E-state index contributed by atoms with van der Waals surface area (Å²) in [7, 11) is 1.43. The number of likely N-dealkylation sites (tertiary alicyclic amines) is 1. The third kappa shape index (κ3) is 4.37. The molecule has 94 valence electrons. The molecular weight excluding hydrogens is 206 g/mol. The van der Waals surface area contributed by atoms with Crippen LogP contribution < -0.4 is 10.8 Å². The van der Waals surface area contributed by atoms with Crippen LogP contribution in [0.15, 0.2) is 0 Å². The second kappa shape index (κ2) is 6.70. The number of hydrogen-bond acceptors (Lipinski definition) is 3. The molecule has 1 rings (SSSR count). The average Bonchev–Trinajstić information content (AvgIpc) is 2.26. The van der Waals surface area contributed by atoms with E-state index in [0.717, 1.165) is 19.0 Å². The summed E-state index contributed by atoms with van der Waals surface area (Å²) in [6.45, 7) is 7.35. The molecule has 1 aliphatic rings. The van der Waals surface area contributed by atoms with E-state index in [2.05, 4.69) is 34.4 Å². The quantitative estimate of drug-likeness (QED) is 0.706. The van der Waals surface area contributed by atoms with Crippen LogP contribution in [0, 0.1) is 5.92 Å². The fourth-order valence-electron chi connectivity index (χ4n) is 2.12. The highest BCUT2D eigenvalue weighted by molar-refractivity contribution is 5.72. The van der Waals surface area contributed by atoms with E-state index in [1.54, 1.807) is 0 Å². The first-order valence-electron chi connectivity index (χ1n) is 5.94. The molecule has 2 amide bonds. The van der Waals surface area contributed by atoms with E-state index in [0.29, 0.717) is 12.6 Å². The molecule has 0 aromatic carbocycles. The van der Waals surface area contributed by atoms with Crippen molar-refractivity contribution in [1.29, 1.82) is 0 Å². The standard InChI is InChI=1S/C11H23N3O2/c1-9-5-4-6-14(8-9)10(2)7-12-11(15)13-16-3/h9-10H,4-8H2,1-3H3,(H2,12,13,15). The number of amides is 2. The number of nitrogens with zero attached hydrogens (tertiary/aromatic N) is 1. The van der Waals surface area contributed by atoms with Crippen LogP contribution in [0.1, 0.15) is 26.7 Å². The van der Waals surface area contributed by atoms with Crippen molar-refractivity contribution in [3.63, 3.8) is 0 Å². The molecule has 0 aromatic heterocycles. The van der Waals surface area contributed by atoms with Gasteiger partial charge in [0.05, 0.1) is 7.11 Å². The molecule has 1 heterocycles. The molecular formula is C11H23N3O2. The van der Waals surface area contributed by atoms with Crippen LogP contribution in [0.2, 0.25) is 0 Å². The van der Waals surface area contributed by atoms with Crippen molar-refractivity contribution in [3.05, 3.63) is 0 Å². The zero-order chi connectivity index (χ0) is 12.0. The Labute approximate surface area is 97.5 Å². The summed E-state index contributed by atoms with van der Waals surface area (Å²) in [6, 6.07) is 0.102. The minimum absolute atomic E-state index is 0.278. The summed E-state index contributed by atoms with van der Waals surface area (Å²) < 4.78 is 0. The number of nitrogens with one attached hydrogen (secondary N) is 2. The van der Waals surface area contributed by atoms with Gasteiger partial charge in [-0.15, -0.1) is 0 Å². The molecule has 5 heteroatoms. The second-order valence-electron chi connectivity index (χ2n) is 4.61. The third-order valence-corrected chi connectivity index (χ3v) is 3.06. The monoisotopic (exact) mass is 229 g/mol. The number of rotatable bonds is 4. The Hall–Kier alpha value is -0.810. The van der Waals surface area contributed by atoms with E-state index >= 15 is 0 Å². The molecule has 5 nitrogen and oxygen atoms in total. The summed E-state index contributed by atoms with van der Waals surface area (Å²) in [6.07, 6.45) is 2.58. The maximum Gasteiger partial charge on any atom is 0.338 e. The van der Waals surface area contributed by atoms with Gasteiger partial charge < -0.3 is 5.32 Å². The Balaban J connectivity index is 2.23. The molecule has 0 radical (unpaired) electrons. The van der Waals surface area contributed by atoms with E-state index in [1.807, 2.05) is 0 Å². The fourth-order valence-corrected chi connectivity index (χ4v) is 2.12. The Bertz CT molecular complexity index is 223. The number of urea groups is 1. The Morgan fingerprint density at radius 2 is 2.38 bits per heavy atom. The molecule has 2 atom stereocenters. The first kappa shape index (κ1) is 13.3. The van der Waals surface area contributed by atoms with Gasteiger partial charge in [-0.25, -0.2) is 10.3 Å². The van der Waals surface area contributed by atoms with E-state index < -0.39 is 0 Å². The van der Waals surface area contributed by atoms with E-state index in [9.17, 15) is 4.79 Å². The summed E-state index contributed by atoms with van der Waals surface area (Å²) in [5.41, 5.74) is 2.24. The van der Waals surface area contributed by atoms with Gasteiger partial charge in [-0.3, -0.25) is 9.74 Å². The van der Waals surface area contributed by atoms with E-state index in [1.165, 1.54) is 20.0 Å². The summed E-state index contributed by atoms with van der Waals surface area (Å²) in [5.74, 6) is 0.768. The lowest BCUT2D eigenvalue weighted by molar-refractivity contribution is 0.103. The molecule has 2 N–H and O–H groups in total. The smallest absolute Gasteiger partial charge is 0.335 e. The van der Waals surface area contributed by atoms with Crippen molar-refractivity contribution in [2.45, 2.75) is 32.7 Å².